The summed E-state index contributed by atoms with van der Waals surface area (Å²) in [5, 5.41) is 0. The molecule has 2 heteroatoms. The normalized spacial score (nSPS) is 14.9. The summed E-state index contributed by atoms with van der Waals surface area (Å²) in [6, 6.07) is 20.0. The zero-order valence-electron chi connectivity index (χ0n) is 16.7. The van der Waals surface area contributed by atoms with Crippen LogP contribution >= 0.6 is 0 Å². The topological polar surface area (TPSA) is 24.7 Å². The van der Waals surface area contributed by atoms with Crippen LogP contribution in [0.3, 0.4) is 0 Å². The third-order valence-electron chi connectivity index (χ3n) is 4.17. The molecule has 2 atom stereocenters. The van der Waals surface area contributed by atoms with Gasteiger partial charge in [0.1, 0.15) is 0 Å². The minimum absolute atomic E-state index is 0.155. The van der Waals surface area contributed by atoms with E-state index in [1.807, 2.05) is 74.5 Å². The average molecular weight is 369 g/mol. The molecule has 0 fully saturated rings. The maximum atomic E-state index is 4.76. The molecule has 0 spiro atoms. The lowest BCUT2D eigenvalue weighted by molar-refractivity contribution is 0.713. The van der Waals surface area contributed by atoms with Gasteiger partial charge in [-0.05, 0) is 37.1 Å². The molecule has 0 aromatic heterocycles. The van der Waals surface area contributed by atoms with Gasteiger partial charge in [0.2, 0.25) is 0 Å². The third-order valence-corrected chi connectivity index (χ3v) is 4.17. The number of rotatable bonds is 9. The Labute approximate surface area is 169 Å². The molecule has 2 unspecified atom stereocenters. The summed E-state index contributed by atoms with van der Waals surface area (Å²) >= 11 is 0. The SMILES string of the molecule is C=CC(/N=C(C)\C=C\c1ccccc1)C(C=C)/N=C(C)\C=C\c1ccccc1. The summed E-state index contributed by atoms with van der Waals surface area (Å²) in [4.78, 5) is 9.52. The van der Waals surface area contributed by atoms with Crippen molar-refractivity contribution < 1.29 is 0 Å². The Morgan fingerprint density at radius 2 is 1.04 bits per heavy atom. The zero-order chi connectivity index (χ0) is 20.2. The highest BCUT2D eigenvalue weighted by Gasteiger charge is 2.13. The molecule has 0 heterocycles. The van der Waals surface area contributed by atoms with Gasteiger partial charge in [-0.2, -0.15) is 0 Å². The van der Waals surface area contributed by atoms with Crippen molar-refractivity contribution in [3.8, 4) is 0 Å². The van der Waals surface area contributed by atoms with Crippen LogP contribution in [0.15, 0.2) is 108 Å². The molecule has 0 amide bonds. The molecule has 0 bridgehead atoms. The van der Waals surface area contributed by atoms with Crippen molar-refractivity contribution in [2.45, 2.75) is 25.9 Å². The van der Waals surface area contributed by atoms with E-state index in [9.17, 15) is 0 Å². The van der Waals surface area contributed by atoms with Crippen LogP contribution < -0.4 is 0 Å². The fourth-order valence-corrected chi connectivity index (χ4v) is 2.66. The van der Waals surface area contributed by atoms with Crippen molar-refractivity contribution in [3.05, 3.63) is 109 Å². The van der Waals surface area contributed by atoms with Crippen LogP contribution in [-0.4, -0.2) is 23.5 Å². The second-order valence-electron chi connectivity index (χ2n) is 6.48. The van der Waals surface area contributed by atoms with Gasteiger partial charge in [0.15, 0.2) is 0 Å². The highest BCUT2D eigenvalue weighted by molar-refractivity contribution is 5.97. The molecule has 0 radical (unpaired) electrons. The molecule has 0 N–H and O–H groups in total. The zero-order valence-corrected chi connectivity index (χ0v) is 16.7. The summed E-state index contributed by atoms with van der Waals surface area (Å²) in [6.45, 7) is 11.8. The molecular weight excluding hydrogens is 340 g/mol. The summed E-state index contributed by atoms with van der Waals surface area (Å²) in [5.41, 5.74) is 4.14. The minimum Gasteiger partial charge on any atom is -0.280 e. The van der Waals surface area contributed by atoms with Crippen LogP contribution in [0.1, 0.15) is 25.0 Å². The Hall–Kier alpha value is -3.26. The number of benzene rings is 2. The molecule has 0 saturated heterocycles. The van der Waals surface area contributed by atoms with Crippen LogP contribution in [0.2, 0.25) is 0 Å². The predicted octanol–water partition coefficient (Wildman–Crippen LogP) is 6.44. The van der Waals surface area contributed by atoms with Crippen LogP contribution in [0.5, 0.6) is 0 Å². The van der Waals surface area contributed by atoms with E-state index < -0.39 is 0 Å². The van der Waals surface area contributed by atoms with Gasteiger partial charge in [0, 0.05) is 11.4 Å². The van der Waals surface area contributed by atoms with Gasteiger partial charge in [-0.1, -0.05) is 85.0 Å². The van der Waals surface area contributed by atoms with Gasteiger partial charge in [0.05, 0.1) is 12.1 Å². The van der Waals surface area contributed by atoms with Crippen molar-refractivity contribution in [2.75, 3.05) is 0 Å². The third kappa shape index (κ3) is 7.16. The highest BCUT2D eigenvalue weighted by Crippen LogP contribution is 2.10. The Bertz CT molecular complexity index is 796. The molecule has 0 aliphatic carbocycles. The average Bonchev–Trinajstić information content (AvgIpc) is 2.74. The van der Waals surface area contributed by atoms with Crippen LogP contribution in [0.4, 0.5) is 0 Å². The van der Waals surface area contributed by atoms with E-state index in [1.54, 1.807) is 0 Å². The van der Waals surface area contributed by atoms with E-state index in [-0.39, 0.29) is 12.1 Å². The number of aliphatic imine (C=N–C) groups is 2. The van der Waals surface area contributed by atoms with Gasteiger partial charge < -0.3 is 0 Å². The highest BCUT2D eigenvalue weighted by atomic mass is 14.9. The molecule has 0 saturated carbocycles. The number of hydrogen-bond acceptors (Lipinski definition) is 2. The largest absolute Gasteiger partial charge is 0.280 e. The van der Waals surface area contributed by atoms with Gasteiger partial charge in [-0.15, -0.1) is 13.2 Å². The molecular formula is C26H28N2. The quantitative estimate of drug-likeness (QED) is 0.359. The van der Waals surface area contributed by atoms with E-state index >= 15 is 0 Å². The van der Waals surface area contributed by atoms with Crippen molar-refractivity contribution in [3.63, 3.8) is 0 Å². The smallest absolute Gasteiger partial charge is 0.0939 e. The molecule has 0 aliphatic rings. The molecule has 142 valence electrons. The summed E-state index contributed by atoms with van der Waals surface area (Å²) in [7, 11) is 0. The lowest BCUT2D eigenvalue weighted by Crippen LogP contribution is -2.20. The number of hydrogen-bond donors (Lipinski definition) is 0. The molecule has 28 heavy (non-hydrogen) atoms. The molecule has 2 aromatic rings. The van der Waals surface area contributed by atoms with Crippen LogP contribution in [-0.2, 0) is 0 Å². The van der Waals surface area contributed by atoms with Crippen molar-refractivity contribution in [1.29, 1.82) is 0 Å². The van der Waals surface area contributed by atoms with Crippen molar-refractivity contribution in [1.82, 2.24) is 0 Å². The van der Waals surface area contributed by atoms with Crippen molar-refractivity contribution in [2.24, 2.45) is 9.98 Å². The minimum atomic E-state index is -0.155. The van der Waals surface area contributed by atoms with Crippen molar-refractivity contribution >= 4 is 23.6 Å². The van der Waals surface area contributed by atoms with Gasteiger partial charge in [-0.25, -0.2) is 0 Å². The first kappa shape index (κ1) is 21.0. The number of nitrogens with zero attached hydrogens (tertiary/aromatic N) is 2. The molecule has 0 aliphatic heterocycles. The first-order valence-electron chi connectivity index (χ1n) is 9.42. The lowest BCUT2D eigenvalue weighted by atomic mass is 10.1. The van der Waals surface area contributed by atoms with E-state index in [4.69, 9.17) is 9.98 Å². The first-order chi connectivity index (χ1) is 13.6. The summed E-state index contributed by atoms with van der Waals surface area (Å²) < 4.78 is 0. The van der Waals surface area contributed by atoms with E-state index in [1.165, 1.54) is 0 Å². The van der Waals surface area contributed by atoms with E-state index in [2.05, 4.69) is 49.6 Å². The summed E-state index contributed by atoms with van der Waals surface area (Å²) in [5.74, 6) is 0. The fraction of sp³-hybridized carbons (Fsp3) is 0.154. The Morgan fingerprint density at radius 3 is 1.36 bits per heavy atom. The Morgan fingerprint density at radius 1 is 0.679 bits per heavy atom. The summed E-state index contributed by atoms with van der Waals surface area (Å²) in [6.07, 6.45) is 11.8. The van der Waals surface area contributed by atoms with E-state index in [0.717, 1.165) is 22.6 Å². The van der Waals surface area contributed by atoms with E-state index in [0.29, 0.717) is 0 Å². The second kappa shape index (κ2) is 11.5. The maximum absolute atomic E-state index is 4.76. The predicted molar refractivity (Wildman–Crippen MR) is 125 cm³/mol. The number of allylic oxidation sites excluding steroid dienone is 2. The van der Waals surface area contributed by atoms with Gasteiger partial charge in [0.25, 0.3) is 0 Å². The fourth-order valence-electron chi connectivity index (χ4n) is 2.66. The monoisotopic (exact) mass is 368 g/mol. The molecule has 2 aromatic carbocycles. The van der Waals surface area contributed by atoms with Gasteiger partial charge >= 0.3 is 0 Å². The van der Waals surface area contributed by atoms with Crippen LogP contribution in [0, 0.1) is 0 Å². The maximum Gasteiger partial charge on any atom is 0.0939 e. The Kier molecular flexibility index (Phi) is 8.61. The Balaban J connectivity index is 2.10. The molecule has 2 rings (SSSR count). The van der Waals surface area contributed by atoms with Crippen LogP contribution in [0.25, 0.3) is 12.2 Å². The first-order valence-corrected chi connectivity index (χ1v) is 9.42. The standard InChI is InChI=1S/C26H28N2/c1-5-25(27-21(3)17-19-23-13-9-7-10-14-23)26(6-2)28-22(4)18-20-24-15-11-8-12-16-24/h5-20,25-26H,1-2H2,3-4H3/b19-17+,20-18+,27-21-,28-22-. The molecule has 2 nitrogen and oxygen atoms in total. The lowest BCUT2D eigenvalue weighted by Gasteiger charge is -2.15. The second-order valence-corrected chi connectivity index (χ2v) is 6.48. The van der Waals surface area contributed by atoms with Gasteiger partial charge in [-0.3, -0.25) is 9.98 Å².